The topological polar surface area (TPSA) is 25.8 Å². The van der Waals surface area contributed by atoms with Crippen LogP contribution >= 0.6 is 0 Å². The molecule has 0 bridgehead atoms. The molecule has 3 rings (SSSR count). The van der Waals surface area contributed by atoms with Crippen molar-refractivity contribution in [3.63, 3.8) is 0 Å². The molecule has 1 heterocycles. The number of nitrogens with zero attached hydrogens (tertiary/aromatic N) is 2. The predicted molar refractivity (Wildman–Crippen MR) is 129 cm³/mol. The van der Waals surface area contributed by atoms with Crippen molar-refractivity contribution in [2.75, 3.05) is 0 Å². The first kappa shape index (κ1) is 23.0. The summed E-state index contributed by atoms with van der Waals surface area (Å²) in [6, 6.07) is 8.85. The fraction of sp³-hybridized carbons (Fsp3) is 0.643. The van der Waals surface area contributed by atoms with Gasteiger partial charge >= 0.3 is 0 Å². The van der Waals surface area contributed by atoms with Crippen molar-refractivity contribution >= 4 is 0 Å². The highest BCUT2D eigenvalue weighted by atomic mass is 14.9. The first-order chi connectivity index (χ1) is 14.8. The van der Waals surface area contributed by atoms with Crippen molar-refractivity contribution in [2.45, 2.75) is 104 Å². The average molecular weight is 407 g/mol. The highest BCUT2D eigenvalue weighted by Crippen LogP contribution is 2.34. The first-order valence-electron chi connectivity index (χ1n) is 12.7. The minimum atomic E-state index is 0.854. The summed E-state index contributed by atoms with van der Waals surface area (Å²) in [6.45, 7) is 4.57. The highest BCUT2D eigenvalue weighted by molar-refractivity contribution is 5.55. The minimum absolute atomic E-state index is 0.854. The minimum Gasteiger partial charge on any atom is -0.236 e. The molecule has 0 N–H and O–H groups in total. The van der Waals surface area contributed by atoms with E-state index < -0.39 is 0 Å². The van der Waals surface area contributed by atoms with Crippen molar-refractivity contribution in [1.82, 2.24) is 9.97 Å². The van der Waals surface area contributed by atoms with Crippen LogP contribution < -0.4 is 0 Å². The number of aryl methyl sites for hydroxylation is 2. The van der Waals surface area contributed by atoms with Gasteiger partial charge in [-0.3, -0.25) is 0 Å². The SMILES string of the molecule is CCCCCCc1ccc(-c2ncc(CC[C@H]3CC[C@H](CCCC)CC3)cn2)cc1. The number of hydrogen-bond donors (Lipinski definition) is 0. The molecule has 0 atom stereocenters. The Bertz CT molecular complexity index is 696. The fourth-order valence-corrected chi connectivity index (χ4v) is 4.88. The van der Waals surface area contributed by atoms with E-state index in [0.29, 0.717) is 0 Å². The molecule has 1 aromatic carbocycles. The van der Waals surface area contributed by atoms with Gasteiger partial charge in [0.1, 0.15) is 0 Å². The van der Waals surface area contributed by atoms with Crippen molar-refractivity contribution in [3.05, 3.63) is 47.8 Å². The first-order valence-corrected chi connectivity index (χ1v) is 12.7. The molecule has 1 aliphatic rings. The summed E-state index contributed by atoms with van der Waals surface area (Å²) < 4.78 is 0. The molecular weight excluding hydrogens is 364 g/mol. The van der Waals surface area contributed by atoms with Crippen LogP contribution in [0.5, 0.6) is 0 Å². The Hall–Kier alpha value is -1.70. The van der Waals surface area contributed by atoms with E-state index >= 15 is 0 Å². The lowest BCUT2D eigenvalue weighted by Gasteiger charge is -2.28. The summed E-state index contributed by atoms with van der Waals surface area (Å²) in [6.07, 6.45) is 23.0. The van der Waals surface area contributed by atoms with Crippen molar-refractivity contribution < 1.29 is 0 Å². The van der Waals surface area contributed by atoms with Gasteiger partial charge in [0.15, 0.2) is 5.82 Å². The largest absolute Gasteiger partial charge is 0.236 e. The van der Waals surface area contributed by atoms with Crippen LogP contribution in [0.4, 0.5) is 0 Å². The number of aromatic nitrogens is 2. The Kier molecular flexibility index (Phi) is 9.86. The number of rotatable bonds is 12. The lowest BCUT2D eigenvalue weighted by Crippen LogP contribution is -2.15. The van der Waals surface area contributed by atoms with Crippen LogP contribution in [0.3, 0.4) is 0 Å². The summed E-state index contributed by atoms with van der Waals surface area (Å²) >= 11 is 0. The van der Waals surface area contributed by atoms with Crippen LogP contribution in [0.25, 0.3) is 11.4 Å². The van der Waals surface area contributed by atoms with Gasteiger partial charge in [0.25, 0.3) is 0 Å². The summed E-state index contributed by atoms with van der Waals surface area (Å²) in [5.74, 6) is 2.77. The molecule has 0 saturated heterocycles. The van der Waals surface area contributed by atoms with Gasteiger partial charge in [-0.25, -0.2) is 9.97 Å². The third-order valence-electron chi connectivity index (χ3n) is 7.01. The number of hydrogen-bond acceptors (Lipinski definition) is 2. The standard InChI is InChI=1S/C28H42N2/c1-3-5-7-8-10-24-17-19-27(20-18-24)28-29-21-26(22-30-28)16-15-25-13-11-23(12-14-25)9-6-4-2/h17-23,25H,3-16H2,1-2H3/t23-,25-. The van der Waals surface area contributed by atoms with E-state index in [1.165, 1.54) is 94.6 Å². The van der Waals surface area contributed by atoms with Gasteiger partial charge in [0, 0.05) is 18.0 Å². The molecule has 0 aliphatic heterocycles. The molecule has 2 aromatic rings. The van der Waals surface area contributed by atoms with Crippen LogP contribution in [0.15, 0.2) is 36.7 Å². The highest BCUT2D eigenvalue weighted by Gasteiger charge is 2.20. The summed E-state index contributed by atoms with van der Waals surface area (Å²) in [7, 11) is 0. The van der Waals surface area contributed by atoms with Crippen LogP contribution in [-0.2, 0) is 12.8 Å². The third kappa shape index (κ3) is 7.52. The molecule has 2 heteroatoms. The van der Waals surface area contributed by atoms with Crippen molar-refractivity contribution in [1.29, 1.82) is 0 Å². The van der Waals surface area contributed by atoms with Crippen molar-refractivity contribution in [3.8, 4) is 11.4 Å². The van der Waals surface area contributed by atoms with E-state index in [9.17, 15) is 0 Å². The zero-order valence-corrected chi connectivity index (χ0v) is 19.4. The molecule has 0 spiro atoms. The zero-order chi connectivity index (χ0) is 21.0. The molecule has 1 saturated carbocycles. The molecular formula is C28H42N2. The van der Waals surface area contributed by atoms with E-state index in [1.54, 1.807) is 0 Å². The van der Waals surface area contributed by atoms with Crippen LogP contribution in [0.1, 0.15) is 102 Å². The molecule has 30 heavy (non-hydrogen) atoms. The second-order valence-electron chi connectivity index (χ2n) is 9.49. The van der Waals surface area contributed by atoms with E-state index in [-0.39, 0.29) is 0 Å². The maximum absolute atomic E-state index is 4.66. The van der Waals surface area contributed by atoms with Gasteiger partial charge in [-0.1, -0.05) is 102 Å². The Morgan fingerprint density at radius 3 is 1.93 bits per heavy atom. The second kappa shape index (κ2) is 12.9. The van der Waals surface area contributed by atoms with Crippen molar-refractivity contribution in [2.24, 2.45) is 11.8 Å². The maximum atomic E-state index is 4.66. The van der Waals surface area contributed by atoms with Gasteiger partial charge in [0.05, 0.1) is 0 Å². The molecule has 164 valence electrons. The summed E-state index contributed by atoms with van der Waals surface area (Å²) in [5, 5.41) is 0. The van der Waals surface area contributed by atoms with Gasteiger partial charge in [0.2, 0.25) is 0 Å². The quantitative estimate of drug-likeness (QED) is 0.332. The van der Waals surface area contributed by atoms with Gasteiger partial charge in [-0.05, 0) is 48.6 Å². The Morgan fingerprint density at radius 2 is 1.30 bits per heavy atom. The Labute approximate surface area is 184 Å². The van der Waals surface area contributed by atoms with Crippen LogP contribution in [-0.4, -0.2) is 9.97 Å². The van der Waals surface area contributed by atoms with Crippen LogP contribution in [0.2, 0.25) is 0 Å². The summed E-state index contributed by atoms with van der Waals surface area (Å²) in [5.41, 5.74) is 3.85. The van der Waals surface area contributed by atoms with E-state index in [1.807, 2.05) is 12.4 Å². The third-order valence-corrected chi connectivity index (χ3v) is 7.01. The monoisotopic (exact) mass is 406 g/mol. The molecule has 2 nitrogen and oxygen atoms in total. The van der Waals surface area contributed by atoms with E-state index in [4.69, 9.17) is 0 Å². The number of benzene rings is 1. The number of unbranched alkanes of at least 4 members (excludes halogenated alkanes) is 4. The summed E-state index contributed by atoms with van der Waals surface area (Å²) in [4.78, 5) is 9.33. The molecule has 0 radical (unpaired) electrons. The predicted octanol–water partition coefficient (Wildman–Crippen LogP) is 8.20. The Morgan fingerprint density at radius 1 is 0.667 bits per heavy atom. The Balaban J connectivity index is 1.41. The normalized spacial score (nSPS) is 19.1. The molecule has 1 aliphatic carbocycles. The molecule has 0 amide bonds. The lowest BCUT2D eigenvalue weighted by atomic mass is 9.78. The van der Waals surface area contributed by atoms with Gasteiger partial charge < -0.3 is 0 Å². The lowest BCUT2D eigenvalue weighted by molar-refractivity contribution is 0.250. The zero-order valence-electron chi connectivity index (χ0n) is 19.4. The second-order valence-corrected chi connectivity index (χ2v) is 9.49. The molecule has 1 fully saturated rings. The van der Waals surface area contributed by atoms with Gasteiger partial charge in [-0.15, -0.1) is 0 Å². The van der Waals surface area contributed by atoms with Gasteiger partial charge in [-0.2, -0.15) is 0 Å². The average Bonchev–Trinajstić information content (AvgIpc) is 2.81. The van der Waals surface area contributed by atoms with E-state index in [0.717, 1.165) is 29.6 Å². The van der Waals surface area contributed by atoms with E-state index in [2.05, 4.69) is 48.1 Å². The maximum Gasteiger partial charge on any atom is 0.159 e. The smallest absolute Gasteiger partial charge is 0.159 e. The fourth-order valence-electron chi connectivity index (χ4n) is 4.88. The molecule has 0 unspecified atom stereocenters. The van der Waals surface area contributed by atoms with Crippen LogP contribution in [0, 0.1) is 11.8 Å². The molecule has 1 aromatic heterocycles.